The molecule has 2 aromatic rings. The Morgan fingerprint density at radius 3 is 2.95 bits per heavy atom. The summed E-state index contributed by atoms with van der Waals surface area (Å²) in [5.41, 5.74) is 3.76. The Morgan fingerprint density at radius 2 is 2.15 bits per heavy atom. The van der Waals surface area contributed by atoms with Crippen LogP contribution >= 0.6 is 15.9 Å². The van der Waals surface area contributed by atoms with Crippen LogP contribution in [0.25, 0.3) is 0 Å². The Bertz CT molecular complexity index is 583. The van der Waals surface area contributed by atoms with Crippen LogP contribution < -0.4 is 10.2 Å². The molecule has 0 bridgehead atoms. The van der Waals surface area contributed by atoms with Gasteiger partial charge in [0, 0.05) is 35.5 Å². The molecule has 104 valence electrons. The zero-order valence-corrected chi connectivity index (χ0v) is 13.1. The molecule has 1 aromatic carbocycles. The number of pyridine rings is 1. The Balaban J connectivity index is 1.88. The van der Waals surface area contributed by atoms with Crippen molar-refractivity contribution in [3.05, 3.63) is 58.3 Å². The normalized spacial score (nSPS) is 18.5. The maximum atomic E-state index is 4.49. The summed E-state index contributed by atoms with van der Waals surface area (Å²) in [5, 5.41) is 3.56. The number of hydrogen-bond acceptors (Lipinski definition) is 3. The van der Waals surface area contributed by atoms with E-state index in [4.69, 9.17) is 0 Å². The number of para-hydroxylation sites is 1. The highest BCUT2D eigenvalue weighted by molar-refractivity contribution is 9.10. The second kappa shape index (κ2) is 5.94. The second-order valence-corrected chi connectivity index (χ2v) is 6.17. The molecule has 0 spiro atoms. The van der Waals surface area contributed by atoms with E-state index >= 15 is 0 Å². The molecule has 0 saturated heterocycles. The van der Waals surface area contributed by atoms with Crippen molar-refractivity contribution in [2.45, 2.75) is 26.1 Å². The molecule has 1 N–H and O–H groups in total. The van der Waals surface area contributed by atoms with E-state index in [2.05, 4.69) is 68.4 Å². The number of benzene rings is 1. The van der Waals surface area contributed by atoms with Gasteiger partial charge in [-0.1, -0.05) is 18.2 Å². The molecule has 1 aliphatic heterocycles. The van der Waals surface area contributed by atoms with Crippen molar-refractivity contribution in [1.29, 1.82) is 0 Å². The molecule has 0 fully saturated rings. The molecule has 1 aromatic heterocycles. The van der Waals surface area contributed by atoms with Crippen LogP contribution in [-0.2, 0) is 13.1 Å². The molecular formula is C16H18BrN3. The van der Waals surface area contributed by atoms with Crippen LogP contribution in [0.5, 0.6) is 0 Å². The van der Waals surface area contributed by atoms with Crippen LogP contribution in [0.3, 0.4) is 0 Å². The average Bonchev–Trinajstić information content (AvgIpc) is 2.62. The predicted molar refractivity (Wildman–Crippen MR) is 85.7 cm³/mol. The zero-order valence-electron chi connectivity index (χ0n) is 11.5. The molecular weight excluding hydrogens is 314 g/mol. The molecule has 3 nitrogen and oxygen atoms in total. The van der Waals surface area contributed by atoms with Gasteiger partial charge in [0.1, 0.15) is 0 Å². The molecule has 2 heterocycles. The van der Waals surface area contributed by atoms with Gasteiger partial charge in [0.15, 0.2) is 0 Å². The summed E-state index contributed by atoms with van der Waals surface area (Å²) in [6.07, 6.45) is 1.86. The van der Waals surface area contributed by atoms with Crippen LogP contribution in [0, 0.1) is 0 Å². The van der Waals surface area contributed by atoms with E-state index in [-0.39, 0.29) is 0 Å². The first-order valence-electron chi connectivity index (χ1n) is 6.89. The highest BCUT2D eigenvalue weighted by Gasteiger charge is 2.18. The van der Waals surface area contributed by atoms with Crippen LogP contribution in [0.15, 0.2) is 47.1 Å². The number of fused-ring (bicyclic) bond motifs is 1. The smallest absolute Gasteiger partial charge is 0.0602 e. The number of hydrogen-bond donors (Lipinski definition) is 1. The summed E-state index contributed by atoms with van der Waals surface area (Å²) in [7, 11) is 0. The van der Waals surface area contributed by atoms with Gasteiger partial charge in [-0.15, -0.1) is 0 Å². The van der Waals surface area contributed by atoms with Crippen LogP contribution in [0.4, 0.5) is 5.69 Å². The quantitative estimate of drug-likeness (QED) is 0.914. The van der Waals surface area contributed by atoms with Crippen molar-refractivity contribution >= 4 is 21.6 Å². The predicted octanol–water partition coefficient (Wildman–Crippen LogP) is 3.34. The average molecular weight is 332 g/mol. The Kier molecular flexibility index (Phi) is 4.03. The molecule has 4 heteroatoms. The SMILES string of the molecule is CC1CN(Cc2ccc(Br)cn2)c2ccccc2CN1. The van der Waals surface area contributed by atoms with Gasteiger partial charge in [-0.05, 0) is 46.6 Å². The Labute approximate surface area is 128 Å². The first kappa shape index (κ1) is 13.6. The van der Waals surface area contributed by atoms with Crippen molar-refractivity contribution in [2.75, 3.05) is 11.4 Å². The molecule has 0 amide bonds. The zero-order chi connectivity index (χ0) is 13.9. The highest BCUT2D eigenvalue weighted by atomic mass is 79.9. The summed E-state index contributed by atoms with van der Waals surface area (Å²) in [4.78, 5) is 6.90. The van der Waals surface area contributed by atoms with Gasteiger partial charge in [-0.2, -0.15) is 0 Å². The number of anilines is 1. The van der Waals surface area contributed by atoms with Gasteiger partial charge in [0.2, 0.25) is 0 Å². The second-order valence-electron chi connectivity index (χ2n) is 5.26. The summed E-state index contributed by atoms with van der Waals surface area (Å²) in [5.74, 6) is 0. The van der Waals surface area contributed by atoms with Crippen molar-refractivity contribution < 1.29 is 0 Å². The highest BCUT2D eigenvalue weighted by Crippen LogP contribution is 2.24. The first-order chi connectivity index (χ1) is 9.72. The molecule has 3 rings (SSSR count). The van der Waals surface area contributed by atoms with Crippen molar-refractivity contribution in [3.63, 3.8) is 0 Å². The lowest BCUT2D eigenvalue weighted by atomic mass is 10.1. The van der Waals surface area contributed by atoms with Gasteiger partial charge >= 0.3 is 0 Å². The largest absolute Gasteiger partial charge is 0.364 e. The monoisotopic (exact) mass is 331 g/mol. The number of nitrogens with zero attached hydrogens (tertiary/aromatic N) is 2. The van der Waals surface area contributed by atoms with Crippen molar-refractivity contribution in [3.8, 4) is 0 Å². The molecule has 1 aliphatic rings. The van der Waals surface area contributed by atoms with E-state index in [0.717, 1.165) is 29.8 Å². The number of halogens is 1. The number of rotatable bonds is 2. The van der Waals surface area contributed by atoms with E-state index < -0.39 is 0 Å². The van der Waals surface area contributed by atoms with Gasteiger partial charge < -0.3 is 10.2 Å². The number of nitrogens with one attached hydrogen (secondary N) is 1. The topological polar surface area (TPSA) is 28.2 Å². The first-order valence-corrected chi connectivity index (χ1v) is 7.68. The van der Waals surface area contributed by atoms with Crippen molar-refractivity contribution in [2.24, 2.45) is 0 Å². The van der Waals surface area contributed by atoms with Crippen molar-refractivity contribution in [1.82, 2.24) is 10.3 Å². The van der Waals surface area contributed by atoms with Gasteiger partial charge in [0.25, 0.3) is 0 Å². The standard InChI is InChI=1S/C16H18BrN3/c1-12-10-20(11-15-7-6-14(17)9-19-15)16-5-3-2-4-13(16)8-18-12/h2-7,9,12,18H,8,10-11H2,1H3. The van der Waals surface area contributed by atoms with E-state index in [9.17, 15) is 0 Å². The van der Waals surface area contributed by atoms with E-state index in [1.807, 2.05) is 12.3 Å². The minimum atomic E-state index is 0.470. The maximum absolute atomic E-state index is 4.49. The fraction of sp³-hybridized carbons (Fsp3) is 0.312. The molecule has 0 aliphatic carbocycles. The number of aromatic nitrogens is 1. The van der Waals surface area contributed by atoms with E-state index in [1.165, 1.54) is 11.3 Å². The minimum Gasteiger partial charge on any atom is -0.364 e. The molecule has 0 radical (unpaired) electrons. The third-order valence-electron chi connectivity index (χ3n) is 3.61. The summed E-state index contributed by atoms with van der Waals surface area (Å²) < 4.78 is 1.02. The summed E-state index contributed by atoms with van der Waals surface area (Å²) in [6.45, 7) is 5.00. The van der Waals surface area contributed by atoms with E-state index in [1.54, 1.807) is 0 Å². The minimum absolute atomic E-state index is 0.470. The van der Waals surface area contributed by atoms with Gasteiger partial charge in [-0.25, -0.2) is 0 Å². The Hall–Kier alpha value is -1.39. The third kappa shape index (κ3) is 3.02. The Morgan fingerprint density at radius 1 is 1.30 bits per heavy atom. The van der Waals surface area contributed by atoms with Crippen LogP contribution in [0.1, 0.15) is 18.2 Å². The van der Waals surface area contributed by atoms with E-state index in [0.29, 0.717) is 6.04 Å². The fourth-order valence-electron chi connectivity index (χ4n) is 2.59. The van der Waals surface area contributed by atoms with Crippen LogP contribution in [0.2, 0.25) is 0 Å². The summed E-state index contributed by atoms with van der Waals surface area (Å²) >= 11 is 3.43. The van der Waals surface area contributed by atoms with Gasteiger partial charge in [0.05, 0.1) is 12.2 Å². The van der Waals surface area contributed by atoms with Crippen LogP contribution in [-0.4, -0.2) is 17.6 Å². The maximum Gasteiger partial charge on any atom is 0.0602 e. The lowest BCUT2D eigenvalue weighted by Gasteiger charge is -2.26. The lowest BCUT2D eigenvalue weighted by molar-refractivity contribution is 0.551. The lowest BCUT2D eigenvalue weighted by Crippen LogP contribution is -2.35. The fourth-order valence-corrected chi connectivity index (χ4v) is 2.83. The summed E-state index contributed by atoms with van der Waals surface area (Å²) in [6, 6.07) is 13.2. The van der Waals surface area contributed by atoms with Gasteiger partial charge in [-0.3, -0.25) is 4.98 Å². The molecule has 1 unspecified atom stereocenters. The molecule has 20 heavy (non-hydrogen) atoms. The molecule has 0 saturated carbocycles. The third-order valence-corrected chi connectivity index (χ3v) is 4.08. The molecule has 1 atom stereocenters.